The topological polar surface area (TPSA) is 37.8 Å². The van der Waals surface area contributed by atoms with Gasteiger partial charge in [0.15, 0.2) is 0 Å². The number of pyridine rings is 2. The van der Waals surface area contributed by atoms with Crippen molar-refractivity contribution >= 4 is 5.82 Å². The van der Waals surface area contributed by atoms with Crippen molar-refractivity contribution < 1.29 is 4.39 Å². The minimum absolute atomic E-state index is 0.484. The minimum Gasteiger partial charge on any atom is -0.364 e. The molecular weight excluding hydrogens is 205 g/mol. The SMILES string of the molecule is Cc1cccnc1CNc1cccc(F)n1. The molecule has 0 bridgehead atoms. The summed E-state index contributed by atoms with van der Waals surface area (Å²) in [7, 11) is 0. The molecule has 16 heavy (non-hydrogen) atoms. The molecule has 0 fully saturated rings. The minimum atomic E-state index is -0.484. The molecule has 0 aliphatic heterocycles. The number of aromatic nitrogens is 2. The fourth-order valence-electron chi connectivity index (χ4n) is 1.38. The predicted molar refractivity (Wildman–Crippen MR) is 60.5 cm³/mol. The summed E-state index contributed by atoms with van der Waals surface area (Å²) in [6.07, 6.45) is 1.74. The first-order valence-electron chi connectivity index (χ1n) is 5.02. The van der Waals surface area contributed by atoms with Crippen molar-refractivity contribution in [1.29, 1.82) is 0 Å². The summed E-state index contributed by atoms with van der Waals surface area (Å²) in [5.41, 5.74) is 2.04. The molecule has 3 nitrogen and oxygen atoms in total. The number of nitrogens with one attached hydrogen (secondary N) is 1. The smallest absolute Gasteiger partial charge is 0.214 e. The molecule has 1 N–H and O–H groups in total. The van der Waals surface area contributed by atoms with Crippen molar-refractivity contribution in [3.8, 4) is 0 Å². The molecule has 0 radical (unpaired) electrons. The van der Waals surface area contributed by atoms with Crippen LogP contribution in [0.15, 0.2) is 36.5 Å². The van der Waals surface area contributed by atoms with Crippen molar-refractivity contribution in [3.63, 3.8) is 0 Å². The highest BCUT2D eigenvalue weighted by atomic mass is 19.1. The number of hydrogen-bond acceptors (Lipinski definition) is 3. The third-order valence-corrected chi connectivity index (χ3v) is 2.27. The molecule has 2 heterocycles. The molecule has 0 aliphatic rings. The molecule has 2 rings (SSSR count). The first kappa shape index (κ1) is 10.5. The molecule has 0 amide bonds. The van der Waals surface area contributed by atoms with Gasteiger partial charge in [-0.15, -0.1) is 0 Å². The van der Waals surface area contributed by atoms with E-state index in [1.165, 1.54) is 6.07 Å². The number of nitrogens with zero attached hydrogens (tertiary/aromatic N) is 2. The molecule has 0 atom stereocenters. The Bertz CT molecular complexity index is 485. The normalized spacial score (nSPS) is 10.1. The average molecular weight is 217 g/mol. The highest BCUT2D eigenvalue weighted by Gasteiger charge is 2.00. The lowest BCUT2D eigenvalue weighted by atomic mass is 10.2. The van der Waals surface area contributed by atoms with Gasteiger partial charge in [0.2, 0.25) is 5.95 Å². The zero-order valence-electron chi connectivity index (χ0n) is 8.94. The van der Waals surface area contributed by atoms with Crippen LogP contribution in [0.4, 0.5) is 10.2 Å². The van der Waals surface area contributed by atoms with Crippen molar-refractivity contribution in [2.24, 2.45) is 0 Å². The Hall–Kier alpha value is -1.97. The van der Waals surface area contributed by atoms with Gasteiger partial charge in [-0.3, -0.25) is 4.98 Å². The van der Waals surface area contributed by atoms with Gasteiger partial charge < -0.3 is 5.32 Å². The number of hydrogen-bond donors (Lipinski definition) is 1. The van der Waals surface area contributed by atoms with E-state index in [1.807, 2.05) is 19.1 Å². The van der Waals surface area contributed by atoms with Crippen LogP contribution in [0.3, 0.4) is 0 Å². The van der Waals surface area contributed by atoms with Crippen LogP contribution in [0.25, 0.3) is 0 Å². The van der Waals surface area contributed by atoms with Gasteiger partial charge in [0.05, 0.1) is 12.2 Å². The second-order valence-electron chi connectivity index (χ2n) is 3.47. The Balaban J connectivity index is 2.05. The van der Waals surface area contributed by atoms with E-state index in [4.69, 9.17) is 0 Å². The van der Waals surface area contributed by atoms with Gasteiger partial charge in [0, 0.05) is 6.20 Å². The van der Waals surface area contributed by atoms with Gasteiger partial charge in [-0.2, -0.15) is 4.39 Å². The maximum atomic E-state index is 12.8. The second kappa shape index (κ2) is 4.70. The molecule has 0 aromatic carbocycles. The van der Waals surface area contributed by atoms with E-state index in [0.29, 0.717) is 12.4 Å². The Labute approximate surface area is 93.4 Å². The van der Waals surface area contributed by atoms with Gasteiger partial charge in [0.1, 0.15) is 5.82 Å². The average Bonchev–Trinajstić information content (AvgIpc) is 2.28. The number of aryl methyl sites for hydroxylation is 1. The third kappa shape index (κ3) is 2.53. The molecule has 0 spiro atoms. The molecule has 2 aromatic rings. The Morgan fingerprint density at radius 1 is 1.25 bits per heavy atom. The lowest BCUT2D eigenvalue weighted by Gasteiger charge is -2.06. The first-order chi connectivity index (χ1) is 7.75. The zero-order valence-corrected chi connectivity index (χ0v) is 8.94. The Kier molecular flexibility index (Phi) is 3.10. The number of anilines is 1. The van der Waals surface area contributed by atoms with Crippen molar-refractivity contribution in [1.82, 2.24) is 9.97 Å². The lowest BCUT2D eigenvalue weighted by molar-refractivity contribution is 0.585. The van der Waals surface area contributed by atoms with Crippen LogP contribution >= 0.6 is 0 Å². The Morgan fingerprint density at radius 3 is 2.88 bits per heavy atom. The summed E-state index contributed by atoms with van der Waals surface area (Å²) < 4.78 is 12.8. The van der Waals surface area contributed by atoms with Crippen LogP contribution in [-0.2, 0) is 6.54 Å². The maximum Gasteiger partial charge on any atom is 0.214 e. The van der Waals surface area contributed by atoms with E-state index in [2.05, 4.69) is 15.3 Å². The quantitative estimate of drug-likeness (QED) is 0.803. The van der Waals surface area contributed by atoms with Gasteiger partial charge in [-0.25, -0.2) is 4.98 Å². The van der Waals surface area contributed by atoms with E-state index in [0.717, 1.165) is 11.3 Å². The first-order valence-corrected chi connectivity index (χ1v) is 5.02. The van der Waals surface area contributed by atoms with E-state index in [1.54, 1.807) is 18.3 Å². The highest BCUT2D eigenvalue weighted by molar-refractivity contribution is 5.35. The van der Waals surface area contributed by atoms with Crippen LogP contribution in [0.2, 0.25) is 0 Å². The molecule has 4 heteroatoms. The molecule has 0 saturated heterocycles. The van der Waals surface area contributed by atoms with Crippen molar-refractivity contribution in [3.05, 3.63) is 53.7 Å². The maximum absolute atomic E-state index is 12.8. The predicted octanol–water partition coefficient (Wildman–Crippen LogP) is 2.54. The fraction of sp³-hybridized carbons (Fsp3) is 0.167. The molecule has 2 aromatic heterocycles. The summed E-state index contributed by atoms with van der Waals surface area (Å²) in [4.78, 5) is 7.94. The highest BCUT2D eigenvalue weighted by Crippen LogP contribution is 2.08. The van der Waals surface area contributed by atoms with Gasteiger partial charge in [0.25, 0.3) is 0 Å². The zero-order chi connectivity index (χ0) is 11.4. The summed E-state index contributed by atoms with van der Waals surface area (Å²) in [5.74, 6) is 0.0350. The van der Waals surface area contributed by atoms with Crippen LogP contribution in [0.1, 0.15) is 11.3 Å². The second-order valence-corrected chi connectivity index (χ2v) is 3.47. The number of rotatable bonds is 3. The van der Waals surface area contributed by atoms with E-state index < -0.39 is 5.95 Å². The largest absolute Gasteiger partial charge is 0.364 e. The standard InChI is InChI=1S/C12H12FN3/c1-9-4-3-7-14-10(9)8-15-12-6-2-5-11(13)16-12/h2-7H,8H2,1H3,(H,15,16). The van der Waals surface area contributed by atoms with E-state index in [-0.39, 0.29) is 0 Å². The summed E-state index contributed by atoms with van der Waals surface area (Å²) in [6.45, 7) is 2.53. The lowest BCUT2D eigenvalue weighted by Crippen LogP contribution is -2.05. The van der Waals surface area contributed by atoms with E-state index >= 15 is 0 Å². The summed E-state index contributed by atoms with van der Waals surface area (Å²) in [5, 5.41) is 3.03. The molecule has 82 valence electrons. The molecule has 0 aliphatic carbocycles. The van der Waals surface area contributed by atoms with E-state index in [9.17, 15) is 4.39 Å². The third-order valence-electron chi connectivity index (χ3n) is 2.27. The molecule has 0 unspecified atom stereocenters. The van der Waals surface area contributed by atoms with Crippen LogP contribution in [0.5, 0.6) is 0 Å². The molecule has 0 saturated carbocycles. The van der Waals surface area contributed by atoms with Gasteiger partial charge in [-0.1, -0.05) is 12.1 Å². The Morgan fingerprint density at radius 2 is 2.12 bits per heavy atom. The fourth-order valence-corrected chi connectivity index (χ4v) is 1.38. The van der Waals surface area contributed by atoms with Crippen LogP contribution in [-0.4, -0.2) is 9.97 Å². The number of halogens is 1. The monoisotopic (exact) mass is 217 g/mol. The summed E-state index contributed by atoms with van der Waals surface area (Å²) >= 11 is 0. The van der Waals surface area contributed by atoms with Crippen LogP contribution < -0.4 is 5.32 Å². The van der Waals surface area contributed by atoms with Gasteiger partial charge in [-0.05, 0) is 30.7 Å². The van der Waals surface area contributed by atoms with Crippen molar-refractivity contribution in [2.45, 2.75) is 13.5 Å². The van der Waals surface area contributed by atoms with Crippen molar-refractivity contribution in [2.75, 3.05) is 5.32 Å². The molecular formula is C12H12FN3. The summed E-state index contributed by atoms with van der Waals surface area (Å²) in [6, 6.07) is 8.54. The van der Waals surface area contributed by atoms with Crippen LogP contribution in [0, 0.1) is 12.9 Å². The van der Waals surface area contributed by atoms with Gasteiger partial charge >= 0.3 is 0 Å².